The van der Waals surface area contributed by atoms with Crippen LogP contribution >= 0.6 is 0 Å². The van der Waals surface area contributed by atoms with Crippen LogP contribution in [0.3, 0.4) is 0 Å². The van der Waals surface area contributed by atoms with Crippen LogP contribution in [-0.4, -0.2) is 63.6 Å². The zero-order valence-corrected chi connectivity index (χ0v) is 29.0. The van der Waals surface area contributed by atoms with Gasteiger partial charge in [-0.1, -0.05) is 118 Å². The third-order valence-corrected chi connectivity index (χ3v) is 9.30. The first-order valence-corrected chi connectivity index (χ1v) is 14.6. The SMILES string of the molecule is CC(C)C1CCCC(C(C)C)C1[N-]B(B([N-]C1C(C(C)C)CCCC1C(C)C)N(C)C)N(C)C.[CH3-].[CH3-].[Ti+4]. The molecule has 0 spiro atoms. The van der Waals surface area contributed by atoms with Gasteiger partial charge in [-0.15, -0.1) is 12.1 Å². The van der Waals surface area contributed by atoms with Gasteiger partial charge in [0.2, 0.25) is 0 Å². The van der Waals surface area contributed by atoms with Crippen molar-refractivity contribution in [3.63, 3.8) is 0 Å². The molecule has 2 aliphatic carbocycles. The maximum Gasteiger partial charge on any atom is 4.00 e. The van der Waals surface area contributed by atoms with E-state index >= 15 is 0 Å². The summed E-state index contributed by atoms with van der Waals surface area (Å²) in [6, 6.07) is 0.874. The molecule has 4 unspecified atom stereocenters. The average Bonchev–Trinajstić information content (AvgIpc) is 2.74. The molecule has 4 atom stereocenters. The van der Waals surface area contributed by atoms with E-state index < -0.39 is 0 Å². The fourth-order valence-electron chi connectivity index (χ4n) is 7.16. The van der Waals surface area contributed by atoms with Gasteiger partial charge in [-0.2, -0.15) is 0 Å². The van der Waals surface area contributed by atoms with Crippen molar-refractivity contribution >= 4 is 13.7 Å². The number of hydrogen-bond acceptors (Lipinski definition) is 2. The third-order valence-electron chi connectivity index (χ3n) is 9.30. The van der Waals surface area contributed by atoms with E-state index in [1.165, 1.54) is 38.5 Å². The van der Waals surface area contributed by atoms with Crippen molar-refractivity contribution in [2.24, 2.45) is 47.3 Å². The Morgan fingerprint density at radius 3 is 0.892 bits per heavy atom. The second-order valence-electron chi connectivity index (χ2n) is 13.5. The van der Waals surface area contributed by atoms with Crippen LogP contribution in [0.15, 0.2) is 0 Å². The minimum absolute atomic E-state index is 0. The number of nitrogens with zero attached hydrogens (tertiary/aromatic N) is 4. The molecule has 0 saturated heterocycles. The molecular formula is C30H64B2N4Ti. The van der Waals surface area contributed by atoms with E-state index in [1.807, 2.05) is 0 Å². The van der Waals surface area contributed by atoms with Crippen LogP contribution in [0.4, 0.5) is 0 Å². The zero-order valence-electron chi connectivity index (χ0n) is 27.5. The molecule has 2 fully saturated rings. The van der Waals surface area contributed by atoms with E-state index in [0.29, 0.717) is 59.4 Å². The summed E-state index contributed by atoms with van der Waals surface area (Å²) in [4.78, 5) is 4.71. The van der Waals surface area contributed by atoms with Crippen LogP contribution in [0.2, 0.25) is 0 Å². The molecule has 4 nitrogen and oxygen atoms in total. The van der Waals surface area contributed by atoms with Crippen molar-refractivity contribution in [2.75, 3.05) is 28.2 Å². The summed E-state index contributed by atoms with van der Waals surface area (Å²) in [7, 11) is 8.88. The van der Waals surface area contributed by atoms with E-state index in [4.69, 9.17) is 10.5 Å². The smallest absolute Gasteiger partial charge is 0.675 e. The molecule has 0 aromatic rings. The summed E-state index contributed by atoms with van der Waals surface area (Å²) in [5.41, 5.74) is 0. The van der Waals surface area contributed by atoms with Gasteiger partial charge >= 0.3 is 21.7 Å². The molecule has 0 amide bonds. The van der Waals surface area contributed by atoms with Gasteiger partial charge in [-0.05, 0) is 51.9 Å². The van der Waals surface area contributed by atoms with E-state index in [-0.39, 0.29) is 50.3 Å². The molecule has 0 bridgehead atoms. The average molecular weight is 550 g/mol. The maximum atomic E-state index is 5.76. The first kappa shape index (κ1) is 39.8. The molecule has 2 saturated carbocycles. The zero-order chi connectivity index (χ0) is 25.7. The molecule has 0 heterocycles. The third kappa shape index (κ3) is 10.5. The van der Waals surface area contributed by atoms with Crippen LogP contribution in [0.1, 0.15) is 93.9 Å². The van der Waals surface area contributed by atoms with E-state index in [9.17, 15) is 0 Å². The quantitative estimate of drug-likeness (QED) is 0.193. The van der Waals surface area contributed by atoms with Gasteiger partial charge in [-0.3, -0.25) is 0 Å². The molecule has 0 aliphatic heterocycles. The summed E-state index contributed by atoms with van der Waals surface area (Å²) in [5, 5.41) is 11.5. The molecule has 0 aromatic heterocycles. The molecular weight excluding hydrogens is 486 g/mol. The van der Waals surface area contributed by atoms with E-state index in [2.05, 4.69) is 93.2 Å². The van der Waals surface area contributed by atoms with Crippen molar-refractivity contribution in [1.29, 1.82) is 0 Å². The Labute approximate surface area is 251 Å². The second-order valence-corrected chi connectivity index (χ2v) is 13.5. The van der Waals surface area contributed by atoms with Crippen LogP contribution in [-0.2, 0) is 21.7 Å². The van der Waals surface area contributed by atoms with E-state index in [0.717, 1.165) is 0 Å². The fraction of sp³-hybridized carbons (Fsp3) is 0.933. The Morgan fingerprint density at radius 2 is 0.730 bits per heavy atom. The molecule has 37 heavy (non-hydrogen) atoms. The summed E-state index contributed by atoms with van der Waals surface area (Å²) < 4.78 is 0. The summed E-state index contributed by atoms with van der Waals surface area (Å²) in [6.45, 7) is 19.5. The molecule has 2 rings (SSSR count). The molecule has 2 aliphatic rings. The maximum absolute atomic E-state index is 5.76. The Morgan fingerprint density at radius 1 is 0.514 bits per heavy atom. The van der Waals surface area contributed by atoms with Gasteiger partial charge in [0, 0.05) is 0 Å². The van der Waals surface area contributed by atoms with Crippen molar-refractivity contribution in [3.05, 3.63) is 25.3 Å². The topological polar surface area (TPSA) is 34.7 Å². The molecule has 214 valence electrons. The Bertz CT molecular complexity index is 506. The minimum Gasteiger partial charge on any atom is -0.675 e. The minimum atomic E-state index is 0. The second kappa shape index (κ2) is 18.2. The molecule has 7 heteroatoms. The van der Waals surface area contributed by atoms with Gasteiger partial charge < -0.3 is 34.9 Å². The van der Waals surface area contributed by atoms with Gasteiger partial charge in [0.25, 0.3) is 0 Å². The van der Waals surface area contributed by atoms with Crippen molar-refractivity contribution in [3.8, 4) is 0 Å². The van der Waals surface area contributed by atoms with Gasteiger partial charge in [0.15, 0.2) is 0 Å². The standard InChI is InChI=1S/C28H58B2N4.2CH3.Ti/c1-19(2)23-15-13-16-24(20(3)4)27(23)31-29(33(9)10)30(34(11)12)32-28-25(21(5)6)17-14-18-26(28)22(7)8;;;/h19-28H,13-18H2,1-12H3;2*1H3;/q-2;2*-1;+4. The van der Waals surface area contributed by atoms with Gasteiger partial charge in [0.1, 0.15) is 0 Å². The molecule has 0 N–H and O–H groups in total. The monoisotopic (exact) mass is 550 g/mol. The van der Waals surface area contributed by atoms with Crippen LogP contribution in [0.5, 0.6) is 0 Å². The summed E-state index contributed by atoms with van der Waals surface area (Å²) >= 11 is 0. The van der Waals surface area contributed by atoms with E-state index in [1.54, 1.807) is 0 Å². The van der Waals surface area contributed by atoms with Crippen molar-refractivity contribution in [1.82, 2.24) is 9.62 Å². The van der Waals surface area contributed by atoms with Gasteiger partial charge in [0.05, 0.1) is 13.7 Å². The number of hydrogen-bond donors (Lipinski definition) is 0. The summed E-state index contributed by atoms with van der Waals surface area (Å²) in [5.74, 6) is 5.48. The summed E-state index contributed by atoms with van der Waals surface area (Å²) in [6.07, 6.45) is 8.03. The molecule has 0 radical (unpaired) electrons. The normalized spacial score (nSPS) is 28.4. The molecule has 0 aromatic carbocycles. The first-order chi connectivity index (χ1) is 15.9. The van der Waals surface area contributed by atoms with Crippen LogP contribution in [0.25, 0.3) is 10.5 Å². The number of rotatable bonds is 11. The van der Waals surface area contributed by atoms with Gasteiger partial charge in [-0.25, -0.2) is 0 Å². The first-order valence-electron chi connectivity index (χ1n) is 14.6. The Hall–Kier alpha value is 0.684. The van der Waals surface area contributed by atoms with Crippen molar-refractivity contribution < 1.29 is 21.7 Å². The largest absolute Gasteiger partial charge is 4.00 e. The van der Waals surface area contributed by atoms with Crippen LogP contribution in [0, 0.1) is 62.2 Å². The van der Waals surface area contributed by atoms with Crippen molar-refractivity contribution in [2.45, 2.75) is 106 Å². The predicted octanol–water partition coefficient (Wildman–Crippen LogP) is 8.00. The Kier molecular flexibility index (Phi) is 19.6. The predicted molar refractivity (Wildman–Crippen MR) is 167 cm³/mol. The van der Waals surface area contributed by atoms with Crippen LogP contribution < -0.4 is 0 Å². The fourth-order valence-corrected chi connectivity index (χ4v) is 7.16. The Balaban J connectivity index is 0.